The van der Waals surface area contributed by atoms with Crippen molar-refractivity contribution in [2.45, 2.75) is 19.3 Å². The summed E-state index contributed by atoms with van der Waals surface area (Å²) < 4.78 is 54.6. The molecule has 1 aromatic heterocycles. The number of nitrogens with one attached hydrogen (secondary N) is 1. The van der Waals surface area contributed by atoms with Crippen LogP contribution in [0.3, 0.4) is 0 Å². The van der Waals surface area contributed by atoms with Crippen LogP contribution in [-0.4, -0.2) is 17.7 Å². The van der Waals surface area contributed by atoms with Gasteiger partial charge in [-0.05, 0) is 47.5 Å². The van der Waals surface area contributed by atoms with Gasteiger partial charge in [0.25, 0.3) is 5.91 Å². The Morgan fingerprint density at radius 1 is 1.00 bits per heavy atom. The molecule has 4 aromatic rings. The van der Waals surface area contributed by atoms with Crippen molar-refractivity contribution >= 4 is 17.2 Å². The molecule has 3 aromatic carbocycles. The molecule has 36 heavy (non-hydrogen) atoms. The number of thiazole rings is 1. The second kappa shape index (κ2) is 9.90. The Balaban J connectivity index is 1.19. The van der Waals surface area contributed by atoms with Gasteiger partial charge in [-0.2, -0.15) is 13.2 Å². The van der Waals surface area contributed by atoms with Crippen molar-refractivity contribution in [2.24, 2.45) is 0 Å². The summed E-state index contributed by atoms with van der Waals surface area (Å²) in [4.78, 5) is 17.0. The van der Waals surface area contributed by atoms with Gasteiger partial charge in [0.1, 0.15) is 23.1 Å². The standard InChI is InChI=1S/C26H19F3N2O4S/c27-26(28,29)19-7-4-16(5-8-19)13-33-20-3-1-2-18(11-20)25-31-21(14-36-25)24(32)30-12-17-6-9-22-23(10-17)35-15-34-22/h1-11,14H,12-13,15H2,(H,30,32). The topological polar surface area (TPSA) is 69.7 Å². The van der Waals surface area contributed by atoms with Crippen molar-refractivity contribution in [3.05, 3.63) is 94.5 Å². The van der Waals surface area contributed by atoms with Crippen molar-refractivity contribution in [3.63, 3.8) is 0 Å². The van der Waals surface area contributed by atoms with E-state index in [1.54, 1.807) is 29.6 Å². The lowest BCUT2D eigenvalue weighted by atomic mass is 10.1. The van der Waals surface area contributed by atoms with Crippen molar-refractivity contribution < 1.29 is 32.2 Å². The number of amides is 1. The van der Waals surface area contributed by atoms with E-state index in [2.05, 4.69) is 10.3 Å². The summed E-state index contributed by atoms with van der Waals surface area (Å²) in [7, 11) is 0. The third kappa shape index (κ3) is 5.44. The molecule has 0 atom stereocenters. The molecule has 0 radical (unpaired) electrons. The molecule has 0 fully saturated rings. The van der Waals surface area contributed by atoms with E-state index in [1.807, 2.05) is 18.2 Å². The number of fused-ring (bicyclic) bond motifs is 1. The molecule has 10 heteroatoms. The van der Waals surface area contributed by atoms with E-state index in [0.717, 1.165) is 23.3 Å². The number of ether oxygens (including phenoxy) is 3. The highest BCUT2D eigenvalue weighted by Gasteiger charge is 2.29. The number of benzene rings is 3. The van der Waals surface area contributed by atoms with E-state index in [-0.39, 0.29) is 19.3 Å². The second-order valence-corrected chi connectivity index (χ2v) is 8.78. The summed E-state index contributed by atoms with van der Waals surface area (Å²) in [5.41, 5.74) is 1.85. The Labute approximate surface area is 208 Å². The third-order valence-corrected chi connectivity index (χ3v) is 6.29. The maximum absolute atomic E-state index is 12.7. The predicted molar refractivity (Wildman–Crippen MR) is 127 cm³/mol. The van der Waals surface area contributed by atoms with Crippen LogP contribution in [0.25, 0.3) is 10.6 Å². The Kier molecular flexibility index (Phi) is 6.51. The summed E-state index contributed by atoms with van der Waals surface area (Å²) in [5.74, 6) is 1.57. The first-order valence-corrected chi connectivity index (χ1v) is 11.7. The third-order valence-electron chi connectivity index (χ3n) is 5.39. The van der Waals surface area contributed by atoms with Crippen LogP contribution in [0.4, 0.5) is 13.2 Å². The number of alkyl halides is 3. The maximum atomic E-state index is 12.7. The SMILES string of the molecule is O=C(NCc1ccc2c(c1)OCO2)c1csc(-c2cccc(OCc3ccc(C(F)(F)F)cc3)c2)n1. The van der Waals surface area contributed by atoms with Crippen LogP contribution in [0.15, 0.2) is 72.1 Å². The molecule has 5 rings (SSSR count). The molecule has 1 aliphatic rings. The molecular formula is C26H19F3N2O4S. The van der Waals surface area contributed by atoms with Crippen molar-refractivity contribution in [1.29, 1.82) is 0 Å². The van der Waals surface area contributed by atoms with Crippen molar-refractivity contribution in [3.8, 4) is 27.8 Å². The maximum Gasteiger partial charge on any atom is 0.416 e. The van der Waals surface area contributed by atoms with Crippen molar-refractivity contribution in [2.75, 3.05) is 6.79 Å². The number of nitrogens with zero attached hydrogens (tertiary/aromatic N) is 1. The zero-order chi connectivity index (χ0) is 25.1. The smallest absolute Gasteiger partial charge is 0.416 e. The molecule has 0 aliphatic carbocycles. The van der Waals surface area contributed by atoms with Crippen LogP contribution in [0.5, 0.6) is 17.2 Å². The van der Waals surface area contributed by atoms with E-state index < -0.39 is 11.7 Å². The molecule has 0 saturated heterocycles. The highest BCUT2D eigenvalue weighted by atomic mass is 32.1. The van der Waals surface area contributed by atoms with Gasteiger partial charge in [0, 0.05) is 17.5 Å². The fourth-order valence-electron chi connectivity index (χ4n) is 3.51. The van der Waals surface area contributed by atoms with Crippen LogP contribution in [0.1, 0.15) is 27.2 Å². The first-order valence-electron chi connectivity index (χ1n) is 10.9. The number of hydrogen-bond acceptors (Lipinski definition) is 6. The van der Waals surface area contributed by atoms with Gasteiger partial charge in [-0.25, -0.2) is 4.98 Å². The monoisotopic (exact) mass is 512 g/mol. The normalized spacial score (nSPS) is 12.4. The van der Waals surface area contributed by atoms with Gasteiger partial charge in [-0.15, -0.1) is 11.3 Å². The largest absolute Gasteiger partial charge is 0.489 e. The Bertz CT molecular complexity index is 1390. The zero-order valence-corrected chi connectivity index (χ0v) is 19.5. The van der Waals surface area contributed by atoms with Gasteiger partial charge in [0.05, 0.1) is 5.56 Å². The zero-order valence-electron chi connectivity index (χ0n) is 18.7. The summed E-state index contributed by atoms with van der Waals surface area (Å²) in [6.07, 6.45) is -4.37. The highest BCUT2D eigenvalue weighted by molar-refractivity contribution is 7.13. The van der Waals surface area contributed by atoms with E-state index in [4.69, 9.17) is 14.2 Å². The van der Waals surface area contributed by atoms with Gasteiger partial charge < -0.3 is 19.5 Å². The lowest BCUT2D eigenvalue weighted by Crippen LogP contribution is -2.23. The lowest BCUT2D eigenvalue weighted by Gasteiger charge is -2.09. The number of carbonyl (C=O) groups excluding carboxylic acids is 1. The average Bonchev–Trinajstić information content (AvgIpc) is 3.56. The van der Waals surface area contributed by atoms with Crippen molar-refractivity contribution in [1.82, 2.24) is 10.3 Å². The summed E-state index contributed by atoms with van der Waals surface area (Å²) in [6, 6.07) is 17.5. The van der Waals surface area contributed by atoms with Crippen LogP contribution in [0, 0.1) is 0 Å². The van der Waals surface area contributed by atoms with E-state index in [9.17, 15) is 18.0 Å². The molecule has 1 aliphatic heterocycles. The molecule has 1 amide bonds. The summed E-state index contributed by atoms with van der Waals surface area (Å²) >= 11 is 1.33. The van der Waals surface area contributed by atoms with Gasteiger partial charge in [0.15, 0.2) is 11.5 Å². The first-order chi connectivity index (χ1) is 17.3. The molecule has 0 saturated carbocycles. The van der Waals surface area contributed by atoms with Crippen LogP contribution < -0.4 is 19.5 Å². The fourth-order valence-corrected chi connectivity index (χ4v) is 4.31. The fraction of sp³-hybridized carbons (Fsp3) is 0.154. The summed E-state index contributed by atoms with van der Waals surface area (Å²) in [5, 5.41) is 5.17. The lowest BCUT2D eigenvalue weighted by molar-refractivity contribution is -0.137. The summed E-state index contributed by atoms with van der Waals surface area (Å²) in [6.45, 7) is 0.622. The van der Waals surface area contributed by atoms with Gasteiger partial charge in [0.2, 0.25) is 6.79 Å². The minimum absolute atomic E-state index is 0.118. The Morgan fingerprint density at radius 2 is 1.78 bits per heavy atom. The Morgan fingerprint density at radius 3 is 2.58 bits per heavy atom. The quantitative estimate of drug-likeness (QED) is 0.326. The minimum atomic E-state index is -4.37. The molecule has 2 heterocycles. The average molecular weight is 513 g/mol. The van der Waals surface area contributed by atoms with Gasteiger partial charge in [-0.3, -0.25) is 4.79 Å². The molecular weight excluding hydrogens is 493 g/mol. The van der Waals surface area contributed by atoms with Crippen LogP contribution in [0.2, 0.25) is 0 Å². The molecule has 0 spiro atoms. The predicted octanol–water partition coefficient (Wildman–Crippen LogP) is 6.07. The number of carbonyl (C=O) groups is 1. The Hall–Kier alpha value is -4.05. The van der Waals surface area contributed by atoms with E-state index >= 15 is 0 Å². The molecule has 184 valence electrons. The number of halogens is 3. The van der Waals surface area contributed by atoms with Crippen LogP contribution >= 0.6 is 11.3 Å². The second-order valence-electron chi connectivity index (χ2n) is 7.92. The first kappa shape index (κ1) is 23.7. The van der Waals surface area contributed by atoms with Gasteiger partial charge >= 0.3 is 6.18 Å². The minimum Gasteiger partial charge on any atom is -0.489 e. The number of rotatable bonds is 7. The molecule has 1 N–H and O–H groups in total. The van der Waals surface area contributed by atoms with E-state index in [0.29, 0.717) is 40.1 Å². The molecule has 0 unspecified atom stereocenters. The molecule has 6 nitrogen and oxygen atoms in total. The van der Waals surface area contributed by atoms with E-state index in [1.165, 1.54) is 23.5 Å². The highest BCUT2D eigenvalue weighted by Crippen LogP contribution is 2.33. The number of hydrogen-bond donors (Lipinski definition) is 1. The molecule has 0 bridgehead atoms. The number of aromatic nitrogens is 1. The van der Waals surface area contributed by atoms with Gasteiger partial charge in [-0.1, -0.05) is 30.3 Å². The van der Waals surface area contributed by atoms with Crippen LogP contribution in [-0.2, 0) is 19.3 Å².